The Hall–Kier alpha value is -1.73. The van der Waals surface area contributed by atoms with Crippen molar-refractivity contribution in [3.8, 4) is 11.5 Å². The Morgan fingerprint density at radius 3 is 1.00 bits per heavy atom. The van der Waals surface area contributed by atoms with Gasteiger partial charge in [-0.1, -0.05) is 128 Å². The van der Waals surface area contributed by atoms with E-state index < -0.39 is 36.6 Å². The molecule has 0 N–H and O–H groups in total. The van der Waals surface area contributed by atoms with E-state index in [-0.39, 0.29) is 0 Å². The highest BCUT2D eigenvalue weighted by molar-refractivity contribution is 6.64. The van der Waals surface area contributed by atoms with Gasteiger partial charge in [0.1, 0.15) is 11.5 Å². The molecule has 0 bridgehead atoms. The second-order valence-corrected chi connectivity index (χ2v) is 16.9. The molecule has 2 heterocycles. The summed E-state index contributed by atoms with van der Waals surface area (Å²) in [6.07, 6.45) is 20.1. The van der Waals surface area contributed by atoms with Gasteiger partial charge in [0.25, 0.3) is 0 Å². The van der Waals surface area contributed by atoms with Gasteiger partial charge in [-0.25, -0.2) is 0 Å². The Kier molecular flexibility index (Phi) is 15.1. The number of rotatable bonds is 22. The van der Waals surface area contributed by atoms with E-state index in [2.05, 4.69) is 93.5 Å². The molecule has 0 spiro atoms. The van der Waals surface area contributed by atoms with Gasteiger partial charge >= 0.3 is 14.2 Å². The van der Waals surface area contributed by atoms with E-state index in [0.29, 0.717) is 13.2 Å². The Morgan fingerprint density at radius 1 is 0.420 bits per heavy atom. The molecule has 0 atom stereocenters. The number of hydrogen-bond acceptors (Lipinski definition) is 6. The molecule has 280 valence electrons. The van der Waals surface area contributed by atoms with Crippen LogP contribution in [-0.2, 0) is 18.6 Å². The molecule has 6 nitrogen and oxygen atoms in total. The number of hydrogen-bond donors (Lipinski definition) is 0. The van der Waals surface area contributed by atoms with Crippen molar-refractivity contribution in [3.63, 3.8) is 0 Å². The molecule has 2 aliphatic rings. The van der Waals surface area contributed by atoms with Gasteiger partial charge in [-0.3, -0.25) is 0 Å². The van der Waals surface area contributed by atoms with E-state index in [4.69, 9.17) is 28.1 Å². The van der Waals surface area contributed by atoms with Crippen LogP contribution in [0.5, 0.6) is 11.5 Å². The second-order valence-electron chi connectivity index (χ2n) is 16.9. The van der Waals surface area contributed by atoms with Crippen LogP contribution in [0.2, 0.25) is 0 Å². The minimum atomic E-state index is -0.526. The lowest BCUT2D eigenvalue weighted by molar-refractivity contribution is 0.00578. The molecule has 0 aromatic heterocycles. The van der Waals surface area contributed by atoms with Gasteiger partial charge in [-0.2, -0.15) is 0 Å². The Labute approximate surface area is 306 Å². The van der Waals surface area contributed by atoms with Gasteiger partial charge in [0.05, 0.1) is 35.6 Å². The number of ether oxygens (including phenoxy) is 2. The van der Waals surface area contributed by atoms with Crippen molar-refractivity contribution in [1.82, 2.24) is 0 Å². The third-order valence-corrected chi connectivity index (χ3v) is 11.7. The molecule has 0 saturated carbocycles. The van der Waals surface area contributed by atoms with E-state index in [1.807, 2.05) is 0 Å². The van der Waals surface area contributed by atoms with Gasteiger partial charge in [0, 0.05) is 21.7 Å². The normalized spacial score (nSPS) is 19.1. The summed E-state index contributed by atoms with van der Waals surface area (Å²) in [7, 11) is -1.05. The fourth-order valence-corrected chi connectivity index (χ4v) is 6.84. The van der Waals surface area contributed by atoms with E-state index >= 15 is 0 Å². The largest absolute Gasteiger partial charge is 0.498 e. The van der Waals surface area contributed by atoms with E-state index in [1.165, 1.54) is 89.9 Å². The maximum Gasteiger partial charge on any atom is 0.498 e. The Balaban J connectivity index is 1.61. The molecular weight excluding hydrogens is 622 g/mol. The standard InChI is InChI=1S/C42H70B2O6/c1-11-13-15-17-19-21-23-25-31-45-37-33-27-30-36(44-49-41(7,8)42(9,10)50-44)38(46-32-26-24-22-20-18-16-14-12-2)34(33)28-29-35(37)43-47-39(3,4)40(5,6)48-43/h27-30H,11-26,31-32H2,1-10H3. The molecule has 2 fully saturated rings. The molecule has 0 aliphatic carbocycles. The molecule has 2 saturated heterocycles. The first-order valence-electron chi connectivity index (χ1n) is 20.3. The Bertz CT molecular complexity index is 1210. The molecule has 8 heteroatoms. The van der Waals surface area contributed by atoms with Crippen LogP contribution in [0.1, 0.15) is 172 Å². The third-order valence-electron chi connectivity index (χ3n) is 11.7. The third kappa shape index (κ3) is 10.2. The minimum Gasteiger partial charge on any atom is -0.493 e. The van der Waals surface area contributed by atoms with E-state index in [9.17, 15) is 0 Å². The molecular formula is C42H70B2O6. The van der Waals surface area contributed by atoms with Crippen LogP contribution >= 0.6 is 0 Å². The van der Waals surface area contributed by atoms with Crippen molar-refractivity contribution < 1.29 is 28.1 Å². The fraction of sp³-hybridized carbons (Fsp3) is 0.762. The molecule has 2 aromatic carbocycles. The molecule has 2 aromatic rings. The summed E-state index contributed by atoms with van der Waals surface area (Å²) in [5, 5.41) is 2.01. The minimum absolute atomic E-state index is 0.452. The fourth-order valence-electron chi connectivity index (χ4n) is 6.84. The zero-order chi connectivity index (χ0) is 36.4. The predicted molar refractivity (Wildman–Crippen MR) is 212 cm³/mol. The highest BCUT2D eigenvalue weighted by atomic mass is 16.7. The van der Waals surface area contributed by atoms with Crippen molar-refractivity contribution in [2.75, 3.05) is 13.2 Å². The maximum atomic E-state index is 6.75. The van der Waals surface area contributed by atoms with Crippen LogP contribution in [-0.4, -0.2) is 49.9 Å². The molecule has 0 unspecified atom stereocenters. The van der Waals surface area contributed by atoms with Crippen molar-refractivity contribution in [3.05, 3.63) is 24.3 Å². The zero-order valence-corrected chi connectivity index (χ0v) is 33.6. The Morgan fingerprint density at radius 2 is 0.700 bits per heavy atom. The van der Waals surface area contributed by atoms with Gasteiger partial charge in [-0.05, 0) is 68.2 Å². The molecule has 0 radical (unpaired) electrons. The first-order chi connectivity index (χ1) is 23.7. The van der Waals surface area contributed by atoms with Crippen LogP contribution in [0, 0.1) is 0 Å². The number of unbranched alkanes of at least 4 members (excludes halogenated alkanes) is 14. The van der Waals surface area contributed by atoms with Crippen molar-refractivity contribution in [2.45, 2.75) is 194 Å². The van der Waals surface area contributed by atoms with Crippen LogP contribution in [0.25, 0.3) is 10.8 Å². The zero-order valence-electron chi connectivity index (χ0n) is 33.6. The summed E-state index contributed by atoms with van der Waals surface area (Å²) in [5.74, 6) is 1.64. The van der Waals surface area contributed by atoms with Gasteiger partial charge in [0.2, 0.25) is 0 Å². The summed E-state index contributed by atoms with van der Waals surface area (Å²) in [6, 6.07) is 8.53. The van der Waals surface area contributed by atoms with Crippen molar-refractivity contribution >= 4 is 35.9 Å². The lowest BCUT2D eigenvalue weighted by Gasteiger charge is -2.32. The quantitative estimate of drug-likeness (QED) is 0.0905. The summed E-state index contributed by atoms with van der Waals surface area (Å²) in [4.78, 5) is 0. The highest BCUT2D eigenvalue weighted by Crippen LogP contribution is 2.41. The van der Waals surface area contributed by atoms with Crippen LogP contribution in [0.4, 0.5) is 0 Å². The van der Waals surface area contributed by atoms with Gasteiger partial charge in [0.15, 0.2) is 0 Å². The smallest absolute Gasteiger partial charge is 0.493 e. The number of fused-ring (bicyclic) bond motifs is 1. The first-order valence-corrected chi connectivity index (χ1v) is 20.3. The van der Waals surface area contributed by atoms with Crippen LogP contribution in [0.3, 0.4) is 0 Å². The van der Waals surface area contributed by atoms with Crippen molar-refractivity contribution in [1.29, 1.82) is 0 Å². The van der Waals surface area contributed by atoms with Crippen LogP contribution < -0.4 is 20.4 Å². The van der Waals surface area contributed by atoms with Crippen LogP contribution in [0.15, 0.2) is 24.3 Å². The summed E-state index contributed by atoms with van der Waals surface area (Å²) in [5.41, 5.74) is 0.0411. The lowest BCUT2D eigenvalue weighted by atomic mass is 9.74. The van der Waals surface area contributed by atoms with Crippen molar-refractivity contribution in [2.24, 2.45) is 0 Å². The highest BCUT2D eigenvalue weighted by Gasteiger charge is 2.54. The topological polar surface area (TPSA) is 55.4 Å². The number of benzene rings is 2. The summed E-state index contributed by atoms with van der Waals surface area (Å²) in [6.45, 7) is 22.6. The average Bonchev–Trinajstić information content (AvgIpc) is 3.41. The first kappa shape index (κ1) is 41.0. The van der Waals surface area contributed by atoms with Gasteiger partial charge in [-0.15, -0.1) is 0 Å². The molecule has 2 aliphatic heterocycles. The average molecular weight is 693 g/mol. The van der Waals surface area contributed by atoms with E-state index in [0.717, 1.165) is 46.0 Å². The molecule has 50 heavy (non-hydrogen) atoms. The maximum absolute atomic E-state index is 6.75. The molecule has 4 rings (SSSR count). The van der Waals surface area contributed by atoms with Gasteiger partial charge < -0.3 is 28.1 Å². The molecule has 0 amide bonds. The SMILES string of the molecule is CCCCCCCCCCOc1c(B2OC(C)(C)C(C)(C)O2)ccc2c(OCCCCCCCCCC)c(B3OC(C)(C)C(C)(C)O3)ccc12. The second kappa shape index (κ2) is 18.3. The lowest BCUT2D eigenvalue weighted by Crippen LogP contribution is -2.41. The van der Waals surface area contributed by atoms with E-state index in [1.54, 1.807) is 0 Å². The summed E-state index contributed by atoms with van der Waals surface area (Å²) < 4.78 is 39.8. The monoisotopic (exact) mass is 693 g/mol. The predicted octanol–water partition coefficient (Wildman–Crippen LogP) is 10.5. The summed E-state index contributed by atoms with van der Waals surface area (Å²) >= 11 is 0.